The first-order valence-electron chi connectivity index (χ1n) is 11.3. The molecule has 6 nitrogen and oxygen atoms in total. The molecule has 174 valence electrons. The van der Waals surface area contributed by atoms with Gasteiger partial charge in [0.05, 0.1) is 7.11 Å². The predicted molar refractivity (Wildman–Crippen MR) is 127 cm³/mol. The summed E-state index contributed by atoms with van der Waals surface area (Å²) < 4.78 is 11.2. The second kappa shape index (κ2) is 12.7. The predicted octanol–water partition coefficient (Wildman–Crippen LogP) is 4.41. The molecule has 0 aromatic heterocycles. The van der Waals surface area contributed by atoms with Crippen LogP contribution in [0, 0.1) is 13.8 Å². The first-order valence-corrected chi connectivity index (χ1v) is 11.3. The van der Waals surface area contributed by atoms with Gasteiger partial charge in [-0.25, -0.2) is 0 Å². The Bertz CT molecular complexity index is 897. The zero-order valence-corrected chi connectivity index (χ0v) is 19.9. The number of ether oxygens (including phenoxy) is 2. The van der Waals surface area contributed by atoms with Crippen molar-refractivity contribution in [3.8, 4) is 11.5 Å². The highest BCUT2D eigenvalue weighted by molar-refractivity contribution is 5.88. The van der Waals surface area contributed by atoms with E-state index in [1.54, 1.807) is 12.0 Å². The lowest BCUT2D eigenvalue weighted by atomic mass is 10.1. The lowest BCUT2D eigenvalue weighted by molar-refractivity contribution is -0.143. The molecule has 1 atom stereocenters. The number of carbonyl (C=O) groups is 2. The molecule has 0 heterocycles. The fourth-order valence-corrected chi connectivity index (χ4v) is 3.58. The molecule has 2 rings (SSSR count). The SMILES string of the molecule is CCCCNC(=O)[C@H](CC)N(Cc1cccc(OC)c1)C(=O)COc1ccc(C)cc1C. The highest BCUT2D eigenvalue weighted by Crippen LogP contribution is 2.20. The molecule has 0 saturated carbocycles. The third-order valence-electron chi connectivity index (χ3n) is 5.38. The van der Waals surface area contributed by atoms with Crippen molar-refractivity contribution < 1.29 is 19.1 Å². The quantitative estimate of drug-likeness (QED) is 0.496. The Kier molecular flexibility index (Phi) is 10.1. The molecule has 32 heavy (non-hydrogen) atoms. The number of unbranched alkanes of at least 4 members (excludes halogenated alkanes) is 1. The molecule has 0 aliphatic heterocycles. The molecule has 2 amide bonds. The second-order valence-electron chi connectivity index (χ2n) is 8.00. The van der Waals surface area contributed by atoms with E-state index in [0.717, 1.165) is 29.5 Å². The number of nitrogens with one attached hydrogen (secondary N) is 1. The van der Waals surface area contributed by atoms with E-state index in [4.69, 9.17) is 9.47 Å². The van der Waals surface area contributed by atoms with Crippen molar-refractivity contribution in [2.24, 2.45) is 0 Å². The van der Waals surface area contributed by atoms with Gasteiger partial charge in [0.15, 0.2) is 6.61 Å². The summed E-state index contributed by atoms with van der Waals surface area (Å²) in [5, 5.41) is 2.97. The van der Waals surface area contributed by atoms with Gasteiger partial charge in [0.25, 0.3) is 5.91 Å². The summed E-state index contributed by atoms with van der Waals surface area (Å²) in [5.41, 5.74) is 3.00. The lowest BCUT2D eigenvalue weighted by Crippen LogP contribution is -2.50. The molecule has 0 unspecified atom stereocenters. The number of amides is 2. The minimum Gasteiger partial charge on any atom is -0.497 e. The molecule has 0 aliphatic rings. The number of benzene rings is 2. The number of aryl methyl sites for hydroxylation is 2. The minimum atomic E-state index is -0.576. The van der Waals surface area contributed by atoms with Crippen LogP contribution in [0.4, 0.5) is 0 Å². The second-order valence-corrected chi connectivity index (χ2v) is 8.00. The van der Waals surface area contributed by atoms with Crippen molar-refractivity contribution in [3.05, 3.63) is 59.2 Å². The van der Waals surface area contributed by atoms with Gasteiger partial charge in [0, 0.05) is 13.1 Å². The number of hydrogen-bond donors (Lipinski definition) is 1. The molecule has 0 radical (unpaired) electrons. The fraction of sp³-hybridized carbons (Fsp3) is 0.462. The van der Waals surface area contributed by atoms with E-state index in [1.807, 2.05) is 63.2 Å². The molecule has 2 aromatic carbocycles. The summed E-state index contributed by atoms with van der Waals surface area (Å²) >= 11 is 0. The number of nitrogens with zero attached hydrogens (tertiary/aromatic N) is 1. The van der Waals surface area contributed by atoms with Gasteiger partial charge in [-0.1, -0.05) is 50.1 Å². The van der Waals surface area contributed by atoms with Gasteiger partial charge >= 0.3 is 0 Å². The van der Waals surface area contributed by atoms with Crippen LogP contribution in [0.3, 0.4) is 0 Å². The third-order valence-corrected chi connectivity index (χ3v) is 5.38. The lowest BCUT2D eigenvalue weighted by Gasteiger charge is -2.30. The molecule has 0 fully saturated rings. The third kappa shape index (κ3) is 7.29. The van der Waals surface area contributed by atoms with Gasteiger partial charge in [0.2, 0.25) is 5.91 Å². The van der Waals surface area contributed by atoms with E-state index in [-0.39, 0.29) is 18.4 Å². The summed E-state index contributed by atoms with van der Waals surface area (Å²) in [6.07, 6.45) is 2.41. The Morgan fingerprint density at radius 1 is 1.09 bits per heavy atom. The Hall–Kier alpha value is -3.02. The van der Waals surface area contributed by atoms with Crippen LogP contribution in [0.1, 0.15) is 49.8 Å². The smallest absolute Gasteiger partial charge is 0.261 e. The standard InChI is InChI=1S/C26H36N2O4/c1-6-8-14-27-26(30)23(7-2)28(17-21-10-9-11-22(16-21)31-5)25(29)18-32-24-13-12-19(3)15-20(24)4/h9-13,15-16,23H,6-8,14,17-18H2,1-5H3,(H,27,30)/t23-/m0/s1. The fourth-order valence-electron chi connectivity index (χ4n) is 3.58. The maximum Gasteiger partial charge on any atom is 0.261 e. The average molecular weight is 441 g/mol. The van der Waals surface area contributed by atoms with E-state index >= 15 is 0 Å². The zero-order valence-electron chi connectivity index (χ0n) is 19.9. The van der Waals surface area contributed by atoms with Crippen molar-refractivity contribution in [3.63, 3.8) is 0 Å². The monoisotopic (exact) mass is 440 g/mol. The summed E-state index contributed by atoms with van der Waals surface area (Å²) in [6, 6.07) is 12.8. The topological polar surface area (TPSA) is 67.9 Å². The van der Waals surface area contributed by atoms with E-state index < -0.39 is 6.04 Å². The van der Waals surface area contributed by atoms with Crippen LogP contribution >= 0.6 is 0 Å². The highest BCUT2D eigenvalue weighted by atomic mass is 16.5. The number of carbonyl (C=O) groups excluding carboxylic acids is 2. The Labute approximate surface area is 191 Å². The van der Waals surface area contributed by atoms with Gasteiger partial charge in [-0.15, -0.1) is 0 Å². The zero-order chi connectivity index (χ0) is 23.5. The first-order chi connectivity index (χ1) is 15.4. The molecular formula is C26H36N2O4. The van der Waals surface area contributed by atoms with Crippen LogP contribution in [-0.4, -0.2) is 43.0 Å². The van der Waals surface area contributed by atoms with Gasteiger partial charge < -0.3 is 19.7 Å². The molecular weight excluding hydrogens is 404 g/mol. The summed E-state index contributed by atoms with van der Waals surface area (Å²) in [5.74, 6) is 1.02. The van der Waals surface area contributed by atoms with Crippen LogP contribution in [0.25, 0.3) is 0 Å². The summed E-state index contributed by atoms with van der Waals surface area (Å²) in [4.78, 5) is 27.8. The van der Waals surface area contributed by atoms with E-state index in [9.17, 15) is 9.59 Å². The largest absolute Gasteiger partial charge is 0.497 e. The first kappa shape index (κ1) is 25.2. The Morgan fingerprint density at radius 2 is 1.88 bits per heavy atom. The Balaban J connectivity index is 2.22. The number of rotatable bonds is 12. The van der Waals surface area contributed by atoms with E-state index in [2.05, 4.69) is 12.2 Å². The van der Waals surface area contributed by atoms with Crippen molar-refractivity contribution in [1.29, 1.82) is 0 Å². The van der Waals surface area contributed by atoms with Crippen molar-refractivity contribution in [2.45, 2.75) is 59.5 Å². The maximum atomic E-state index is 13.3. The summed E-state index contributed by atoms with van der Waals surface area (Å²) in [7, 11) is 1.61. The molecule has 1 N–H and O–H groups in total. The molecule has 6 heteroatoms. The maximum absolute atomic E-state index is 13.3. The van der Waals surface area contributed by atoms with Crippen LogP contribution in [0.2, 0.25) is 0 Å². The average Bonchev–Trinajstić information content (AvgIpc) is 2.78. The van der Waals surface area contributed by atoms with Gasteiger partial charge in [0.1, 0.15) is 17.5 Å². The number of methoxy groups -OCH3 is 1. The molecule has 2 aromatic rings. The van der Waals surface area contributed by atoms with Gasteiger partial charge in [-0.3, -0.25) is 9.59 Å². The van der Waals surface area contributed by atoms with Crippen molar-refractivity contribution in [1.82, 2.24) is 10.2 Å². The Morgan fingerprint density at radius 3 is 2.53 bits per heavy atom. The molecule has 0 aliphatic carbocycles. The van der Waals surface area contributed by atoms with E-state index in [0.29, 0.717) is 31.0 Å². The van der Waals surface area contributed by atoms with Crippen molar-refractivity contribution >= 4 is 11.8 Å². The normalized spacial score (nSPS) is 11.5. The molecule has 0 bridgehead atoms. The highest BCUT2D eigenvalue weighted by Gasteiger charge is 2.29. The van der Waals surface area contributed by atoms with Gasteiger partial charge in [-0.05, 0) is 56.0 Å². The van der Waals surface area contributed by atoms with Crippen LogP contribution in [0.15, 0.2) is 42.5 Å². The minimum absolute atomic E-state index is 0.132. The summed E-state index contributed by atoms with van der Waals surface area (Å²) in [6.45, 7) is 8.73. The van der Waals surface area contributed by atoms with Crippen molar-refractivity contribution in [2.75, 3.05) is 20.3 Å². The number of hydrogen-bond acceptors (Lipinski definition) is 4. The molecule has 0 saturated heterocycles. The van der Waals surface area contributed by atoms with Gasteiger partial charge in [-0.2, -0.15) is 0 Å². The van der Waals surface area contributed by atoms with Crippen LogP contribution < -0.4 is 14.8 Å². The molecule has 0 spiro atoms. The van der Waals surface area contributed by atoms with Crippen LogP contribution in [0.5, 0.6) is 11.5 Å². The van der Waals surface area contributed by atoms with Crippen LogP contribution in [-0.2, 0) is 16.1 Å². The van der Waals surface area contributed by atoms with E-state index in [1.165, 1.54) is 0 Å².